The minimum atomic E-state index is -0.859. The number of hydrogen-bond acceptors (Lipinski definition) is 3. The van der Waals surface area contributed by atoms with Gasteiger partial charge in [0.2, 0.25) is 0 Å². The molecule has 1 N–H and O–H groups in total. The van der Waals surface area contributed by atoms with Crippen LogP contribution >= 0.6 is 0 Å². The molecule has 2 rings (SSSR count). The number of hydrogen-bond donors (Lipinski definition) is 1. The van der Waals surface area contributed by atoms with E-state index in [2.05, 4.69) is 0 Å². The van der Waals surface area contributed by atoms with E-state index in [-0.39, 0.29) is 5.56 Å². The summed E-state index contributed by atoms with van der Waals surface area (Å²) in [6, 6.07) is 2.52. The van der Waals surface area contributed by atoms with E-state index in [1.54, 1.807) is 0 Å². The van der Waals surface area contributed by atoms with Gasteiger partial charge in [-0.25, -0.2) is 8.78 Å². The van der Waals surface area contributed by atoms with E-state index in [1.165, 1.54) is 13.2 Å². The fourth-order valence-corrected chi connectivity index (χ4v) is 2.61. The van der Waals surface area contributed by atoms with Gasteiger partial charge in [-0.1, -0.05) is 0 Å². The van der Waals surface area contributed by atoms with Crippen LogP contribution in [0.25, 0.3) is 0 Å². The molecule has 1 aliphatic rings. The highest BCUT2D eigenvalue weighted by Crippen LogP contribution is 2.27. The molecule has 0 unspecified atom stereocenters. The summed E-state index contributed by atoms with van der Waals surface area (Å²) in [6.45, 7) is 3.53. The molecule has 3 nitrogen and oxygen atoms in total. The van der Waals surface area contributed by atoms with Gasteiger partial charge in [-0.3, -0.25) is 4.90 Å². The predicted octanol–water partition coefficient (Wildman–Crippen LogP) is 2.71. The number of benzene rings is 1. The molecule has 0 aromatic heterocycles. The largest absolute Gasteiger partial charge is 0.496 e. The summed E-state index contributed by atoms with van der Waals surface area (Å²) in [5, 5.41) is 10.1. The molecule has 20 heavy (non-hydrogen) atoms. The monoisotopic (exact) mass is 285 g/mol. The summed E-state index contributed by atoms with van der Waals surface area (Å²) in [6.07, 6.45) is 2.20. The van der Waals surface area contributed by atoms with Crippen LogP contribution in [0.4, 0.5) is 8.78 Å². The first kappa shape index (κ1) is 15.2. The van der Waals surface area contributed by atoms with E-state index < -0.39 is 17.2 Å². The number of methoxy groups -OCH3 is 1. The quantitative estimate of drug-likeness (QED) is 0.927. The van der Waals surface area contributed by atoms with Gasteiger partial charge in [0.25, 0.3) is 0 Å². The predicted molar refractivity (Wildman–Crippen MR) is 72.7 cm³/mol. The number of likely N-dealkylation sites (tertiary alicyclic amines) is 1. The van der Waals surface area contributed by atoms with Gasteiger partial charge < -0.3 is 9.84 Å². The van der Waals surface area contributed by atoms with Gasteiger partial charge in [0.1, 0.15) is 5.75 Å². The number of aliphatic hydroxyl groups is 1. The van der Waals surface area contributed by atoms with Crippen LogP contribution in [0.5, 0.6) is 5.75 Å². The lowest BCUT2D eigenvalue weighted by Gasteiger charge is -2.23. The molecule has 1 aliphatic heterocycles. The van der Waals surface area contributed by atoms with E-state index in [0.717, 1.165) is 25.5 Å². The molecule has 1 aromatic carbocycles. The van der Waals surface area contributed by atoms with Crippen molar-refractivity contribution in [3.8, 4) is 5.75 Å². The van der Waals surface area contributed by atoms with Crippen molar-refractivity contribution >= 4 is 0 Å². The summed E-state index contributed by atoms with van der Waals surface area (Å²) in [5.41, 5.74) is -0.423. The fraction of sp³-hybridized carbons (Fsp3) is 0.600. The van der Waals surface area contributed by atoms with Crippen molar-refractivity contribution in [3.05, 3.63) is 29.3 Å². The lowest BCUT2D eigenvalue weighted by Crippen LogP contribution is -2.28. The fourth-order valence-electron chi connectivity index (χ4n) is 2.61. The van der Waals surface area contributed by atoms with Gasteiger partial charge in [-0.15, -0.1) is 0 Å². The van der Waals surface area contributed by atoms with Gasteiger partial charge >= 0.3 is 0 Å². The molecule has 1 saturated heterocycles. The van der Waals surface area contributed by atoms with Crippen LogP contribution < -0.4 is 4.74 Å². The van der Waals surface area contributed by atoms with E-state index >= 15 is 0 Å². The molecule has 0 bridgehead atoms. The molecule has 5 heteroatoms. The Morgan fingerprint density at radius 2 is 2.05 bits per heavy atom. The van der Waals surface area contributed by atoms with Crippen molar-refractivity contribution in [2.45, 2.75) is 38.3 Å². The van der Waals surface area contributed by atoms with Gasteiger partial charge in [0, 0.05) is 18.7 Å². The maximum absolute atomic E-state index is 13.9. The Balaban J connectivity index is 2.15. The van der Waals surface area contributed by atoms with Crippen LogP contribution in [-0.4, -0.2) is 35.8 Å². The Labute approximate surface area is 118 Å². The number of rotatable bonds is 3. The molecule has 0 aliphatic carbocycles. The Kier molecular flexibility index (Phi) is 4.60. The molecule has 112 valence electrons. The lowest BCUT2D eigenvalue weighted by molar-refractivity contribution is 0.0443. The second kappa shape index (κ2) is 6.06. The van der Waals surface area contributed by atoms with E-state index in [4.69, 9.17) is 4.74 Å². The second-order valence-corrected chi connectivity index (χ2v) is 5.67. The molecule has 1 atom stereocenters. The zero-order chi connectivity index (χ0) is 14.8. The number of ether oxygens (including phenoxy) is 1. The SMILES string of the molecule is COc1ccc(F)c(F)c1CN1CCC[C@](C)(O)CC1. The van der Waals surface area contributed by atoms with Gasteiger partial charge in [0.15, 0.2) is 11.6 Å². The Hall–Kier alpha value is -1.20. The van der Waals surface area contributed by atoms with Crippen molar-refractivity contribution < 1.29 is 18.6 Å². The zero-order valence-corrected chi connectivity index (χ0v) is 12.0. The third kappa shape index (κ3) is 3.46. The zero-order valence-electron chi connectivity index (χ0n) is 12.0. The summed E-state index contributed by atoms with van der Waals surface area (Å²) in [4.78, 5) is 2.03. The van der Waals surface area contributed by atoms with E-state index in [0.29, 0.717) is 25.3 Å². The van der Waals surface area contributed by atoms with E-state index in [1.807, 2.05) is 11.8 Å². The van der Waals surface area contributed by atoms with Crippen molar-refractivity contribution in [3.63, 3.8) is 0 Å². The average molecular weight is 285 g/mol. The van der Waals surface area contributed by atoms with Crippen LogP contribution in [0.3, 0.4) is 0 Å². The molecule has 0 spiro atoms. The van der Waals surface area contributed by atoms with Crippen LogP contribution in [0.2, 0.25) is 0 Å². The van der Waals surface area contributed by atoms with Crippen molar-refractivity contribution in [2.24, 2.45) is 0 Å². The van der Waals surface area contributed by atoms with Crippen molar-refractivity contribution in [1.29, 1.82) is 0 Å². The minimum absolute atomic E-state index is 0.244. The second-order valence-electron chi connectivity index (χ2n) is 5.67. The van der Waals surface area contributed by atoms with Crippen molar-refractivity contribution in [2.75, 3.05) is 20.2 Å². The lowest BCUT2D eigenvalue weighted by atomic mass is 9.98. The van der Waals surface area contributed by atoms with Gasteiger partial charge in [0.05, 0.1) is 12.7 Å². The Morgan fingerprint density at radius 1 is 1.30 bits per heavy atom. The molecular formula is C15H21F2NO2. The molecular weight excluding hydrogens is 264 g/mol. The topological polar surface area (TPSA) is 32.7 Å². The molecule has 1 aromatic rings. The average Bonchev–Trinajstić information content (AvgIpc) is 2.57. The summed E-state index contributed by atoms with van der Waals surface area (Å²) in [7, 11) is 1.45. The molecule has 0 amide bonds. The highest BCUT2D eigenvalue weighted by molar-refractivity contribution is 5.35. The minimum Gasteiger partial charge on any atom is -0.496 e. The third-order valence-corrected chi connectivity index (χ3v) is 3.91. The molecule has 1 heterocycles. The summed E-state index contributed by atoms with van der Waals surface area (Å²) in [5.74, 6) is -1.34. The van der Waals surface area contributed by atoms with E-state index in [9.17, 15) is 13.9 Å². The van der Waals surface area contributed by atoms with Crippen LogP contribution in [0.1, 0.15) is 31.7 Å². The van der Waals surface area contributed by atoms with Gasteiger partial charge in [-0.2, -0.15) is 0 Å². The van der Waals surface area contributed by atoms with Crippen LogP contribution in [0, 0.1) is 11.6 Å². The number of nitrogens with zero attached hydrogens (tertiary/aromatic N) is 1. The smallest absolute Gasteiger partial charge is 0.167 e. The Bertz CT molecular complexity index is 477. The number of halogens is 2. The van der Waals surface area contributed by atoms with Crippen molar-refractivity contribution in [1.82, 2.24) is 4.90 Å². The first-order chi connectivity index (χ1) is 9.43. The maximum Gasteiger partial charge on any atom is 0.167 e. The highest BCUT2D eigenvalue weighted by Gasteiger charge is 2.26. The molecule has 0 radical (unpaired) electrons. The van der Waals surface area contributed by atoms with Crippen LogP contribution in [0.15, 0.2) is 12.1 Å². The van der Waals surface area contributed by atoms with Gasteiger partial charge in [-0.05, 0) is 44.9 Å². The summed E-state index contributed by atoms with van der Waals surface area (Å²) < 4.78 is 32.4. The maximum atomic E-state index is 13.9. The van der Waals surface area contributed by atoms with Crippen LogP contribution in [-0.2, 0) is 6.54 Å². The summed E-state index contributed by atoms with van der Waals surface area (Å²) >= 11 is 0. The first-order valence-corrected chi connectivity index (χ1v) is 6.88. The molecule has 0 saturated carbocycles. The highest BCUT2D eigenvalue weighted by atomic mass is 19.2. The Morgan fingerprint density at radius 3 is 2.75 bits per heavy atom. The first-order valence-electron chi connectivity index (χ1n) is 6.88. The normalized spacial score (nSPS) is 24.4. The standard InChI is InChI=1S/C15H21F2NO2/c1-15(19)6-3-8-18(9-7-15)10-11-13(20-2)5-4-12(16)14(11)17/h4-5,19H,3,6-10H2,1-2H3/t15-/m0/s1. The molecule has 1 fully saturated rings. The third-order valence-electron chi connectivity index (χ3n) is 3.91.